The van der Waals surface area contributed by atoms with Crippen molar-refractivity contribution in [3.05, 3.63) is 54.1 Å². The fraction of sp³-hybridized carbons (Fsp3) is 0.278. The highest BCUT2D eigenvalue weighted by Crippen LogP contribution is 2.12. The summed E-state index contributed by atoms with van der Waals surface area (Å²) in [4.78, 5) is 24.2. The fourth-order valence-electron chi connectivity index (χ4n) is 2.38. The van der Waals surface area contributed by atoms with Gasteiger partial charge in [-0.3, -0.25) is 4.79 Å². The molecule has 2 heterocycles. The molecule has 0 fully saturated rings. The van der Waals surface area contributed by atoms with Crippen molar-refractivity contribution in [2.24, 2.45) is 0 Å². The molecule has 0 aliphatic heterocycles. The highest BCUT2D eigenvalue weighted by atomic mass is 16.2. The molecular weight excluding hydrogens is 344 g/mol. The van der Waals surface area contributed by atoms with Crippen LogP contribution in [0.15, 0.2) is 42.6 Å². The monoisotopic (exact) mass is 366 g/mol. The molecule has 0 saturated carbocycles. The molecule has 3 aromatic rings. The molecule has 0 atom stereocenters. The second-order valence-electron chi connectivity index (χ2n) is 6.09. The van der Waals surface area contributed by atoms with E-state index in [9.17, 15) is 4.79 Å². The van der Waals surface area contributed by atoms with Gasteiger partial charge in [0.2, 0.25) is 0 Å². The molecule has 0 aliphatic carbocycles. The van der Waals surface area contributed by atoms with Gasteiger partial charge in [0.25, 0.3) is 5.91 Å². The van der Waals surface area contributed by atoms with Crippen LogP contribution in [0.3, 0.4) is 0 Å². The van der Waals surface area contributed by atoms with E-state index in [1.54, 1.807) is 0 Å². The third kappa shape index (κ3) is 4.78. The van der Waals surface area contributed by atoms with E-state index in [-0.39, 0.29) is 11.6 Å². The molecule has 0 spiro atoms. The third-order valence-electron chi connectivity index (χ3n) is 3.71. The number of hydrogen-bond donors (Lipinski definition) is 2. The molecule has 0 bridgehead atoms. The first kappa shape index (κ1) is 18.3. The van der Waals surface area contributed by atoms with Crippen LogP contribution in [-0.2, 0) is 0 Å². The smallest absolute Gasteiger partial charge is 0.273 e. The first-order valence-corrected chi connectivity index (χ1v) is 8.56. The molecule has 3 rings (SSSR count). The maximum Gasteiger partial charge on any atom is 0.273 e. The Morgan fingerprint density at radius 1 is 1.15 bits per heavy atom. The Labute approximate surface area is 157 Å². The highest BCUT2D eigenvalue weighted by Gasteiger charge is 2.11. The van der Waals surface area contributed by atoms with Crippen molar-refractivity contribution in [1.82, 2.24) is 30.3 Å². The number of rotatable bonds is 7. The van der Waals surface area contributed by atoms with Crippen molar-refractivity contribution in [3.63, 3.8) is 0 Å². The average molecular weight is 366 g/mol. The molecule has 0 radical (unpaired) electrons. The van der Waals surface area contributed by atoms with Crippen LogP contribution in [0, 0.1) is 6.92 Å². The van der Waals surface area contributed by atoms with Gasteiger partial charge in [-0.1, -0.05) is 18.2 Å². The molecule has 1 aromatic carbocycles. The average Bonchev–Trinajstić information content (AvgIpc) is 3.15. The lowest BCUT2D eigenvalue weighted by Gasteiger charge is -2.14. The Morgan fingerprint density at radius 2 is 1.93 bits per heavy atom. The number of nitrogens with zero attached hydrogens (tertiary/aromatic N) is 6. The van der Waals surface area contributed by atoms with Gasteiger partial charge in [-0.15, -0.1) is 5.10 Å². The molecule has 140 valence electrons. The number of amides is 1. The van der Waals surface area contributed by atoms with E-state index in [2.05, 4.69) is 30.8 Å². The number of carbonyl (C=O) groups is 1. The van der Waals surface area contributed by atoms with Gasteiger partial charge in [-0.25, -0.2) is 9.97 Å². The van der Waals surface area contributed by atoms with Gasteiger partial charge in [0.05, 0.1) is 11.9 Å². The summed E-state index contributed by atoms with van der Waals surface area (Å²) in [5, 5.41) is 14.3. The quantitative estimate of drug-likeness (QED) is 0.607. The summed E-state index contributed by atoms with van der Waals surface area (Å²) in [7, 11) is 3.85. The number of aromatic nitrogens is 5. The lowest BCUT2D eigenvalue weighted by Crippen LogP contribution is -2.29. The number of benzene rings is 1. The predicted octanol–water partition coefficient (Wildman–Crippen LogP) is 1.27. The van der Waals surface area contributed by atoms with Crippen LogP contribution in [0.5, 0.6) is 0 Å². The van der Waals surface area contributed by atoms with Crippen molar-refractivity contribution >= 4 is 17.5 Å². The van der Waals surface area contributed by atoms with Gasteiger partial charge in [0, 0.05) is 33.3 Å². The van der Waals surface area contributed by atoms with Crippen molar-refractivity contribution < 1.29 is 4.79 Å². The van der Waals surface area contributed by atoms with Gasteiger partial charge in [0.15, 0.2) is 5.69 Å². The van der Waals surface area contributed by atoms with Gasteiger partial charge >= 0.3 is 0 Å². The molecule has 2 N–H and O–H groups in total. The zero-order chi connectivity index (χ0) is 19.2. The minimum absolute atomic E-state index is 0.270. The largest absolute Gasteiger partial charge is 0.368 e. The Morgan fingerprint density at radius 3 is 2.67 bits per heavy atom. The lowest BCUT2D eigenvalue weighted by molar-refractivity contribution is 0.0950. The number of anilines is 2. The molecule has 0 unspecified atom stereocenters. The summed E-state index contributed by atoms with van der Waals surface area (Å²) in [6.07, 6.45) is 1.45. The maximum atomic E-state index is 12.2. The van der Waals surface area contributed by atoms with Crippen molar-refractivity contribution in [2.45, 2.75) is 6.92 Å². The zero-order valence-corrected chi connectivity index (χ0v) is 15.5. The molecule has 1 amide bonds. The van der Waals surface area contributed by atoms with Crippen LogP contribution in [0.25, 0.3) is 5.69 Å². The van der Waals surface area contributed by atoms with E-state index in [0.29, 0.717) is 18.9 Å². The van der Waals surface area contributed by atoms with Crippen molar-refractivity contribution in [2.75, 3.05) is 37.4 Å². The molecular formula is C18H22N8O. The van der Waals surface area contributed by atoms with Crippen LogP contribution < -0.4 is 15.5 Å². The van der Waals surface area contributed by atoms with Crippen LogP contribution in [0.2, 0.25) is 0 Å². The lowest BCUT2D eigenvalue weighted by atomic mass is 10.3. The third-order valence-corrected chi connectivity index (χ3v) is 3.71. The second kappa shape index (κ2) is 8.26. The summed E-state index contributed by atoms with van der Waals surface area (Å²) in [6.45, 7) is 2.80. The van der Waals surface area contributed by atoms with E-state index in [1.807, 2.05) is 62.3 Å². The Balaban J connectivity index is 1.51. The number of hydrogen-bond acceptors (Lipinski definition) is 7. The number of nitrogens with one attached hydrogen (secondary N) is 2. The van der Waals surface area contributed by atoms with E-state index in [4.69, 9.17) is 0 Å². The number of carbonyl (C=O) groups excluding carboxylic acids is 1. The van der Waals surface area contributed by atoms with Crippen LogP contribution in [0.4, 0.5) is 11.6 Å². The maximum absolute atomic E-state index is 12.2. The van der Waals surface area contributed by atoms with Crippen molar-refractivity contribution in [1.29, 1.82) is 0 Å². The summed E-state index contributed by atoms with van der Waals surface area (Å²) in [5.41, 5.74) is 1.07. The summed E-state index contributed by atoms with van der Waals surface area (Å²) in [5.74, 6) is 1.96. The second-order valence-corrected chi connectivity index (χ2v) is 6.09. The van der Waals surface area contributed by atoms with E-state index in [1.165, 1.54) is 11.0 Å². The topological polar surface area (TPSA) is 101 Å². The van der Waals surface area contributed by atoms with Gasteiger partial charge < -0.3 is 15.5 Å². The highest BCUT2D eigenvalue weighted by molar-refractivity contribution is 5.91. The summed E-state index contributed by atoms with van der Waals surface area (Å²) < 4.78 is 0. The molecule has 0 saturated heterocycles. The first-order valence-electron chi connectivity index (χ1n) is 8.56. The summed E-state index contributed by atoms with van der Waals surface area (Å²) >= 11 is 0. The summed E-state index contributed by atoms with van der Waals surface area (Å²) in [6, 6.07) is 11.3. The Bertz CT molecular complexity index is 907. The molecule has 9 nitrogen and oxygen atoms in total. The minimum atomic E-state index is -0.271. The standard InChI is InChI=1S/C18H22N8O/c1-13-22-16(11-17(23-13)25(2)3)19-9-10-20-18(27)15-12-21-26(24-15)14-7-5-4-6-8-14/h4-8,11-12H,9-10H2,1-3H3,(H,20,27)(H,19,22,23). The van der Waals surface area contributed by atoms with E-state index < -0.39 is 0 Å². The van der Waals surface area contributed by atoms with Crippen LogP contribution in [-0.4, -0.2) is 58.1 Å². The number of aryl methyl sites for hydroxylation is 1. The van der Waals surface area contributed by atoms with Gasteiger partial charge in [0.1, 0.15) is 17.5 Å². The SMILES string of the molecule is Cc1nc(NCCNC(=O)c2cnn(-c3ccccc3)n2)cc(N(C)C)n1. The molecule has 27 heavy (non-hydrogen) atoms. The normalized spacial score (nSPS) is 10.5. The Kier molecular flexibility index (Phi) is 5.60. The van der Waals surface area contributed by atoms with E-state index in [0.717, 1.165) is 17.3 Å². The van der Waals surface area contributed by atoms with Gasteiger partial charge in [-0.05, 0) is 19.1 Å². The molecule has 9 heteroatoms. The molecule has 0 aliphatic rings. The van der Waals surface area contributed by atoms with Crippen molar-refractivity contribution in [3.8, 4) is 5.69 Å². The van der Waals surface area contributed by atoms with E-state index >= 15 is 0 Å². The number of para-hydroxylation sites is 1. The predicted molar refractivity (Wildman–Crippen MR) is 103 cm³/mol. The first-order chi connectivity index (χ1) is 13.0. The molecule has 2 aromatic heterocycles. The minimum Gasteiger partial charge on any atom is -0.368 e. The Hall–Kier alpha value is -3.49. The fourth-order valence-corrected chi connectivity index (χ4v) is 2.38. The van der Waals surface area contributed by atoms with Crippen LogP contribution in [0.1, 0.15) is 16.3 Å². The zero-order valence-electron chi connectivity index (χ0n) is 15.5. The van der Waals surface area contributed by atoms with Gasteiger partial charge in [-0.2, -0.15) is 9.90 Å². The van der Waals surface area contributed by atoms with Crippen LogP contribution >= 0.6 is 0 Å².